The Kier molecular flexibility index (Phi) is 3.31. The monoisotopic (exact) mass is 226 g/mol. The number of carbonyl (C=O) groups is 2. The number of nitrogens with zero attached hydrogens (tertiary/aromatic N) is 1. The Morgan fingerprint density at radius 2 is 2.38 bits per heavy atom. The van der Waals surface area contributed by atoms with Crippen LogP contribution >= 0.6 is 0 Å². The van der Waals surface area contributed by atoms with E-state index in [1.165, 1.54) is 0 Å². The van der Waals surface area contributed by atoms with Crippen molar-refractivity contribution in [2.75, 3.05) is 13.2 Å². The Labute approximate surface area is 95.1 Å². The van der Waals surface area contributed by atoms with Gasteiger partial charge in [0, 0.05) is 6.54 Å². The third kappa shape index (κ3) is 1.99. The molecular weight excluding hydrogens is 208 g/mol. The summed E-state index contributed by atoms with van der Waals surface area (Å²) >= 11 is 0. The van der Waals surface area contributed by atoms with Gasteiger partial charge in [0.2, 0.25) is 5.91 Å². The van der Waals surface area contributed by atoms with Gasteiger partial charge in [-0.25, -0.2) is 4.79 Å². The van der Waals surface area contributed by atoms with E-state index in [0.717, 1.165) is 25.7 Å². The first-order valence-corrected chi connectivity index (χ1v) is 5.97. The third-order valence-electron chi connectivity index (χ3n) is 3.25. The molecule has 2 bridgehead atoms. The van der Waals surface area contributed by atoms with Crippen molar-refractivity contribution >= 4 is 12.0 Å². The van der Waals surface area contributed by atoms with E-state index in [4.69, 9.17) is 4.74 Å². The van der Waals surface area contributed by atoms with Gasteiger partial charge >= 0.3 is 6.09 Å². The van der Waals surface area contributed by atoms with Crippen molar-refractivity contribution in [1.29, 1.82) is 0 Å². The number of ether oxygens (including phenoxy) is 1. The molecule has 2 aliphatic rings. The molecular formula is C11H18N2O3. The lowest BCUT2D eigenvalue weighted by Gasteiger charge is -2.33. The van der Waals surface area contributed by atoms with Gasteiger partial charge in [-0.2, -0.15) is 0 Å². The molecule has 0 aliphatic carbocycles. The second-order valence-corrected chi connectivity index (χ2v) is 4.37. The van der Waals surface area contributed by atoms with E-state index in [1.807, 2.05) is 6.92 Å². The zero-order chi connectivity index (χ0) is 11.5. The molecule has 0 spiro atoms. The van der Waals surface area contributed by atoms with Crippen LogP contribution in [-0.2, 0) is 9.53 Å². The number of unbranched alkanes of at least 4 members (excludes halogenated alkanes) is 1. The van der Waals surface area contributed by atoms with Gasteiger partial charge in [0.1, 0.15) is 6.04 Å². The summed E-state index contributed by atoms with van der Waals surface area (Å²) < 4.78 is 5.16. The second-order valence-electron chi connectivity index (χ2n) is 4.37. The molecule has 0 aromatic heterocycles. The predicted octanol–water partition coefficient (Wildman–Crippen LogP) is 0.886. The smallest absolute Gasteiger partial charge is 0.410 e. The Morgan fingerprint density at radius 3 is 3.12 bits per heavy atom. The van der Waals surface area contributed by atoms with Gasteiger partial charge in [-0.05, 0) is 19.3 Å². The first-order chi connectivity index (χ1) is 7.74. The summed E-state index contributed by atoms with van der Waals surface area (Å²) in [7, 11) is 0. The van der Waals surface area contributed by atoms with Crippen molar-refractivity contribution in [3.8, 4) is 0 Å². The lowest BCUT2D eigenvalue weighted by molar-refractivity contribution is -0.127. The van der Waals surface area contributed by atoms with E-state index in [0.29, 0.717) is 13.2 Å². The number of rotatable bonds is 3. The molecule has 2 saturated heterocycles. The van der Waals surface area contributed by atoms with Gasteiger partial charge in [0.05, 0.1) is 12.6 Å². The lowest BCUT2D eigenvalue weighted by Crippen LogP contribution is -2.57. The molecule has 1 N–H and O–H groups in total. The highest BCUT2D eigenvalue weighted by atomic mass is 16.6. The summed E-state index contributed by atoms with van der Waals surface area (Å²) in [5.41, 5.74) is 0. The average Bonchev–Trinajstić information content (AvgIpc) is 2.61. The van der Waals surface area contributed by atoms with Crippen molar-refractivity contribution in [1.82, 2.24) is 10.2 Å². The van der Waals surface area contributed by atoms with E-state index < -0.39 is 0 Å². The van der Waals surface area contributed by atoms with E-state index >= 15 is 0 Å². The van der Waals surface area contributed by atoms with Crippen LogP contribution in [0.25, 0.3) is 0 Å². The highest BCUT2D eigenvalue weighted by Gasteiger charge is 2.45. The molecule has 2 atom stereocenters. The van der Waals surface area contributed by atoms with E-state index in [1.54, 1.807) is 4.90 Å². The molecule has 2 fully saturated rings. The summed E-state index contributed by atoms with van der Waals surface area (Å²) in [4.78, 5) is 25.0. The maximum absolute atomic E-state index is 11.8. The maximum atomic E-state index is 11.8. The number of carbonyl (C=O) groups excluding carboxylic acids is 2. The van der Waals surface area contributed by atoms with Crippen molar-refractivity contribution in [3.05, 3.63) is 0 Å². The molecule has 0 radical (unpaired) electrons. The summed E-state index contributed by atoms with van der Waals surface area (Å²) in [5, 5.41) is 2.81. The topological polar surface area (TPSA) is 58.6 Å². The predicted molar refractivity (Wildman–Crippen MR) is 57.9 cm³/mol. The van der Waals surface area contributed by atoms with Crippen molar-refractivity contribution < 1.29 is 14.3 Å². The molecule has 16 heavy (non-hydrogen) atoms. The van der Waals surface area contributed by atoms with Crippen molar-refractivity contribution in [2.24, 2.45) is 0 Å². The van der Waals surface area contributed by atoms with Gasteiger partial charge in [0.25, 0.3) is 0 Å². The van der Waals surface area contributed by atoms with Crippen LogP contribution in [0.4, 0.5) is 4.79 Å². The van der Waals surface area contributed by atoms with Gasteiger partial charge in [-0.3, -0.25) is 9.69 Å². The SMILES string of the molecule is CCCCOC(=O)N1C2CCC1C(=O)NC2. The molecule has 0 saturated carbocycles. The Balaban J connectivity index is 1.93. The van der Waals surface area contributed by atoms with Crippen LogP contribution in [0.5, 0.6) is 0 Å². The number of fused-ring (bicyclic) bond motifs is 2. The first-order valence-electron chi connectivity index (χ1n) is 5.97. The minimum absolute atomic E-state index is 0.0406. The highest BCUT2D eigenvalue weighted by Crippen LogP contribution is 2.27. The zero-order valence-corrected chi connectivity index (χ0v) is 9.57. The molecule has 2 rings (SSSR count). The van der Waals surface area contributed by atoms with Crippen LogP contribution in [-0.4, -0.2) is 42.1 Å². The molecule has 2 heterocycles. The highest BCUT2D eigenvalue weighted by molar-refractivity contribution is 5.87. The molecule has 2 unspecified atom stereocenters. The fraction of sp³-hybridized carbons (Fsp3) is 0.818. The molecule has 2 amide bonds. The number of hydrogen-bond donors (Lipinski definition) is 1. The van der Waals surface area contributed by atoms with Gasteiger partial charge < -0.3 is 10.1 Å². The van der Waals surface area contributed by atoms with Crippen molar-refractivity contribution in [3.63, 3.8) is 0 Å². The van der Waals surface area contributed by atoms with Gasteiger partial charge in [0.15, 0.2) is 0 Å². The van der Waals surface area contributed by atoms with Gasteiger partial charge in [-0.1, -0.05) is 13.3 Å². The maximum Gasteiger partial charge on any atom is 0.410 e. The quantitative estimate of drug-likeness (QED) is 0.727. The molecule has 0 aromatic rings. The minimum atomic E-state index is -0.323. The van der Waals surface area contributed by atoms with E-state index in [9.17, 15) is 9.59 Å². The first kappa shape index (κ1) is 11.2. The van der Waals surface area contributed by atoms with Gasteiger partial charge in [-0.15, -0.1) is 0 Å². The molecule has 0 aromatic carbocycles. The number of nitrogens with one attached hydrogen (secondary N) is 1. The summed E-state index contributed by atoms with van der Waals surface area (Å²) in [5.74, 6) is -0.0406. The fourth-order valence-electron chi connectivity index (χ4n) is 2.33. The summed E-state index contributed by atoms with van der Waals surface area (Å²) in [6.07, 6.45) is 3.21. The lowest BCUT2D eigenvalue weighted by atomic mass is 10.2. The number of piperazine rings is 1. The zero-order valence-electron chi connectivity index (χ0n) is 9.57. The normalized spacial score (nSPS) is 27.8. The van der Waals surface area contributed by atoms with Crippen molar-refractivity contribution in [2.45, 2.75) is 44.7 Å². The molecule has 90 valence electrons. The van der Waals surface area contributed by atoms with Crippen LogP contribution < -0.4 is 5.32 Å². The van der Waals surface area contributed by atoms with Crippen LogP contribution in [0.1, 0.15) is 32.6 Å². The Morgan fingerprint density at radius 1 is 1.56 bits per heavy atom. The number of hydrogen-bond acceptors (Lipinski definition) is 3. The van der Waals surface area contributed by atoms with Crippen LogP contribution in [0.15, 0.2) is 0 Å². The third-order valence-corrected chi connectivity index (χ3v) is 3.25. The van der Waals surface area contributed by atoms with Crippen LogP contribution in [0, 0.1) is 0 Å². The van der Waals surface area contributed by atoms with Crippen LogP contribution in [0.2, 0.25) is 0 Å². The van der Waals surface area contributed by atoms with E-state index in [2.05, 4.69) is 5.32 Å². The Hall–Kier alpha value is -1.26. The standard InChI is InChI=1S/C11H18N2O3/c1-2-3-6-16-11(15)13-8-4-5-9(13)10(14)12-7-8/h8-9H,2-7H2,1H3,(H,12,14). The van der Waals surface area contributed by atoms with E-state index in [-0.39, 0.29) is 24.1 Å². The fourth-order valence-corrected chi connectivity index (χ4v) is 2.33. The second kappa shape index (κ2) is 4.72. The molecule has 5 heteroatoms. The summed E-state index contributed by atoms with van der Waals surface area (Å²) in [6.45, 7) is 3.07. The Bertz CT molecular complexity index is 293. The largest absolute Gasteiger partial charge is 0.449 e. The van der Waals surface area contributed by atoms with Crippen LogP contribution in [0.3, 0.4) is 0 Å². The number of amides is 2. The molecule has 2 aliphatic heterocycles. The summed E-state index contributed by atoms with van der Waals surface area (Å²) in [6, 6.07) is -0.162. The average molecular weight is 226 g/mol. The molecule has 5 nitrogen and oxygen atoms in total. The minimum Gasteiger partial charge on any atom is -0.449 e.